The van der Waals surface area contributed by atoms with Gasteiger partial charge in [-0.2, -0.15) is 26.3 Å². The Morgan fingerprint density at radius 1 is 0.919 bits per heavy atom. The van der Waals surface area contributed by atoms with Gasteiger partial charge in [0.2, 0.25) is 0 Å². The van der Waals surface area contributed by atoms with Gasteiger partial charge in [0, 0.05) is 17.4 Å². The molecule has 0 aliphatic heterocycles. The summed E-state index contributed by atoms with van der Waals surface area (Å²) in [4.78, 5) is 29.4. The van der Waals surface area contributed by atoms with Crippen LogP contribution < -0.4 is 10.6 Å². The van der Waals surface area contributed by atoms with Gasteiger partial charge in [0.25, 0.3) is 11.8 Å². The third kappa shape index (κ3) is 5.57. The highest BCUT2D eigenvalue weighted by atomic mass is 19.4. The van der Waals surface area contributed by atoms with Crippen molar-refractivity contribution in [2.45, 2.75) is 25.3 Å². The summed E-state index contributed by atoms with van der Waals surface area (Å²) in [5.74, 6) is -1.97. The van der Waals surface area contributed by atoms with E-state index >= 15 is 0 Å². The largest absolute Gasteiger partial charge is 0.416 e. The second-order valence-corrected chi connectivity index (χ2v) is 8.13. The molecule has 0 saturated heterocycles. The van der Waals surface area contributed by atoms with E-state index in [9.17, 15) is 35.9 Å². The Hall–Kier alpha value is -4.35. The number of aryl methyl sites for hydroxylation is 1. The van der Waals surface area contributed by atoms with Gasteiger partial charge in [-0.25, -0.2) is 4.98 Å². The zero-order valence-corrected chi connectivity index (χ0v) is 19.0. The summed E-state index contributed by atoms with van der Waals surface area (Å²) in [6, 6.07) is 9.11. The zero-order valence-electron chi connectivity index (χ0n) is 19.0. The number of hydrogen-bond donors (Lipinski definition) is 2. The maximum Gasteiger partial charge on any atom is 0.416 e. The number of benzene rings is 2. The summed E-state index contributed by atoms with van der Waals surface area (Å²) in [7, 11) is 0. The molecule has 2 heterocycles. The van der Waals surface area contributed by atoms with Crippen molar-refractivity contribution in [2.75, 3.05) is 5.32 Å². The molecule has 12 heteroatoms. The van der Waals surface area contributed by atoms with E-state index in [1.54, 1.807) is 36.6 Å². The van der Waals surface area contributed by atoms with Crippen LogP contribution in [-0.2, 0) is 6.18 Å². The Labute approximate surface area is 205 Å². The number of carbonyl (C=O) groups is 2. The highest BCUT2D eigenvalue weighted by Crippen LogP contribution is 2.35. The molecule has 0 fully saturated rings. The Morgan fingerprint density at radius 2 is 1.68 bits per heavy atom. The SMILES string of the molecule is Cc1ccc(C(NC(=O)c2cccc(C(F)(F)F)c2)C(F)(F)F)cc1NC(=O)c1cnc2ccccn12. The van der Waals surface area contributed by atoms with E-state index in [0.717, 1.165) is 24.3 Å². The first-order chi connectivity index (χ1) is 17.3. The molecule has 2 amide bonds. The third-order valence-electron chi connectivity index (χ3n) is 5.55. The van der Waals surface area contributed by atoms with Gasteiger partial charge in [0.15, 0.2) is 6.04 Å². The van der Waals surface area contributed by atoms with Crippen molar-refractivity contribution >= 4 is 23.1 Å². The van der Waals surface area contributed by atoms with Crippen LogP contribution in [0.5, 0.6) is 0 Å². The fourth-order valence-corrected chi connectivity index (χ4v) is 3.65. The van der Waals surface area contributed by atoms with E-state index in [2.05, 4.69) is 10.3 Å². The molecule has 2 aromatic carbocycles. The first kappa shape index (κ1) is 25.7. The van der Waals surface area contributed by atoms with Gasteiger partial charge in [0.1, 0.15) is 11.3 Å². The van der Waals surface area contributed by atoms with Crippen LogP contribution in [0.15, 0.2) is 73.1 Å². The molecule has 192 valence electrons. The summed E-state index contributed by atoms with van der Waals surface area (Å²) in [6.45, 7) is 1.57. The number of aromatic nitrogens is 2. The molecular weight excluding hydrogens is 502 g/mol. The number of carbonyl (C=O) groups excluding carboxylic acids is 2. The van der Waals surface area contributed by atoms with E-state index < -0.39 is 46.9 Å². The Balaban J connectivity index is 1.62. The fraction of sp³-hybridized carbons (Fsp3) is 0.160. The van der Waals surface area contributed by atoms with Gasteiger partial charge >= 0.3 is 12.4 Å². The van der Waals surface area contributed by atoms with E-state index in [-0.39, 0.29) is 11.4 Å². The van der Waals surface area contributed by atoms with E-state index in [0.29, 0.717) is 23.3 Å². The Kier molecular flexibility index (Phi) is 6.68. The molecule has 6 nitrogen and oxygen atoms in total. The summed E-state index contributed by atoms with van der Waals surface area (Å²) in [5, 5.41) is 4.32. The molecule has 0 radical (unpaired) electrons. The maximum atomic E-state index is 13.9. The Morgan fingerprint density at radius 3 is 2.38 bits per heavy atom. The predicted molar refractivity (Wildman–Crippen MR) is 122 cm³/mol. The summed E-state index contributed by atoms with van der Waals surface area (Å²) in [5.41, 5.74) is -1.05. The molecule has 4 rings (SSSR count). The molecular formula is C25H18F6N4O2. The number of alkyl halides is 6. The summed E-state index contributed by atoms with van der Waals surface area (Å²) in [6.07, 6.45) is -6.85. The average Bonchev–Trinajstić information content (AvgIpc) is 3.27. The van der Waals surface area contributed by atoms with Crippen LogP contribution in [0.3, 0.4) is 0 Å². The minimum atomic E-state index is -4.99. The number of nitrogens with zero attached hydrogens (tertiary/aromatic N) is 2. The first-order valence-electron chi connectivity index (χ1n) is 10.7. The maximum absolute atomic E-state index is 13.9. The highest BCUT2D eigenvalue weighted by molar-refractivity contribution is 6.04. The van der Waals surface area contributed by atoms with Crippen LogP contribution in [-0.4, -0.2) is 27.4 Å². The van der Waals surface area contributed by atoms with Crippen LogP contribution in [0, 0.1) is 6.92 Å². The van der Waals surface area contributed by atoms with Crippen LogP contribution >= 0.6 is 0 Å². The van der Waals surface area contributed by atoms with Crippen molar-refractivity contribution in [1.29, 1.82) is 0 Å². The number of imidazole rings is 1. The number of fused-ring (bicyclic) bond motifs is 1. The lowest BCUT2D eigenvalue weighted by atomic mass is 10.0. The number of hydrogen-bond acceptors (Lipinski definition) is 3. The second-order valence-electron chi connectivity index (χ2n) is 8.13. The normalized spacial score (nSPS) is 12.8. The van der Waals surface area contributed by atoms with Crippen molar-refractivity contribution in [3.63, 3.8) is 0 Å². The lowest BCUT2D eigenvalue weighted by molar-refractivity contribution is -0.155. The number of anilines is 1. The molecule has 2 N–H and O–H groups in total. The van der Waals surface area contributed by atoms with Crippen molar-refractivity contribution in [2.24, 2.45) is 0 Å². The molecule has 37 heavy (non-hydrogen) atoms. The van der Waals surface area contributed by atoms with Gasteiger partial charge in [-0.3, -0.25) is 14.0 Å². The number of pyridine rings is 1. The standard InChI is InChI=1S/C25H18F6N4O2/c1-14-8-9-15(12-18(14)33-23(37)19-13-32-20-7-2-3-10-35(19)20)21(25(29,30)31)34-22(36)16-5-4-6-17(11-16)24(26,27)28/h2-13,21H,1H3,(H,33,37)(H,34,36). The smallest absolute Gasteiger partial charge is 0.337 e. The lowest BCUT2D eigenvalue weighted by Gasteiger charge is -2.23. The van der Waals surface area contributed by atoms with E-state index in [1.165, 1.54) is 16.7 Å². The van der Waals surface area contributed by atoms with E-state index in [4.69, 9.17) is 0 Å². The van der Waals surface area contributed by atoms with Crippen LogP contribution in [0.25, 0.3) is 5.65 Å². The monoisotopic (exact) mass is 520 g/mol. The van der Waals surface area contributed by atoms with Crippen molar-refractivity contribution < 1.29 is 35.9 Å². The van der Waals surface area contributed by atoms with Gasteiger partial charge in [0.05, 0.1) is 11.8 Å². The van der Waals surface area contributed by atoms with Gasteiger partial charge in [-0.05, 0) is 54.4 Å². The Bertz CT molecular complexity index is 1480. The number of amides is 2. The van der Waals surface area contributed by atoms with Crippen LogP contribution in [0.4, 0.5) is 32.0 Å². The van der Waals surface area contributed by atoms with Gasteiger partial charge < -0.3 is 10.6 Å². The van der Waals surface area contributed by atoms with Crippen LogP contribution in [0.2, 0.25) is 0 Å². The minimum absolute atomic E-state index is 0.0518. The van der Waals surface area contributed by atoms with Gasteiger partial charge in [-0.1, -0.05) is 24.3 Å². The number of nitrogens with one attached hydrogen (secondary N) is 2. The molecule has 0 aliphatic carbocycles. The fourth-order valence-electron chi connectivity index (χ4n) is 3.65. The molecule has 4 aromatic rings. The summed E-state index contributed by atoms with van der Waals surface area (Å²) < 4.78 is 82.3. The molecule has 1 unspecified atom stereocenters. The first-order valence-corrected chi connectivity index (χ1v) is 10.7. The number of halogens is 6. The van der Waals surface area contributed by atoms with Gasteiger partial charge in [-0.15, -0.1) is 0 Å². The third-order valence-corrected chi connectivity index (χ3v) is 5.55. The minimum Gasteiger partial charge on any atom is -0.337 e. The molecule has 0 saturated carbocycles. The zero-order chi connectivity index (χ0) is 27.0. The average molecular weight is 520 g/mol. The molecule has 0 bridgehead atoms. The van der Waals surface area contributed by atoms with Crippen molar-refractivity contribution in [3.8, 4) is 0 Å². The van der Waals surface area contributed by atoms with E-state index in [1.807, 2.05) is 0 Å². The lowest BCUT2D eigenvalue weighted by Crippen LogP contribution is -2.38. The quantitative estimate of drug-likeness (QED) is 0.320. The molecule has 0 aliphatic rings. The van der Waals surface area contributed by atoms with Crippen molar-refractivity contribution in [1.82, 2.24) is 14.7 Å². The molecule has 1 atom stereocenters. The topological polar surface area (TPSA) is 75.5 Å². The van der Waals surface area contributed by atoms with Crippen LogP contribution in [0.1, 0.15) is 43.6 Å². The summed E-state index contributed by atoms with van der Waals surface area (Å²) >= 11 is 0. The highest BCUT2D eigenvalue weighted by Gasteiger charge is 2.42. The molecule has 2 aromatic heterocycles. The molecule has 0 spiro atoms. The van der Waals surface area contributed by atoms with Crippen molar-refractivity contribution in [3.05, 3.63) is 101 Å². The number of rotatable bonds is 5. The second kappa shape index (κ2) is 9.60. The predicted octanol–water partition coefficient (Wildman–Crippen LogP) is 5.95.